The first-order chi connectivity index (χ1) is 9.30. The second-order valence-electron chi connectivity index (χ2n) is 4.47. The van der Waals surface area contributed by atoms with Gasteiger partial charge in [-0.3, -0.25) is 0 Å². The maximum atomic E-state index is 5.52. The number of benzene rings is 1. The molecule has 0 amide bonds. The summed E-state index contributed by atoms with van der Waals surface area (Å²) >= 11 is 3.58. The standard InChI is InChI=1S/C15H23BrO3/c1-17-8-9-19-7-6-14(12-16)10-13-4-3-5-15(11-13)18-2/h3-5,11,14H,6-10,12H2,1-2H3. The lowest BCUT2D eigenvalue weighted by Crippen LogP contribution is -2.11. The SMILES string of the molecule is COCCOCCC(CBr)Cc1cccc(OC)c1. The summed E-state index contributed by atoms with van der Waals surface area (Å²) in [7, 11) is 3.39. The third-order valence-corrected chi connectivity index (χ3v) is 3.89. The Morgan fingerprint density at radius 1 is 1.16 bits per heavy atom. The summed E-state index contributed by atoms with van der Waals surface area (Å²) in [6.07, 6.45) is 2.09. The minimum absolute atomic E-state index is 0.578. The summed E-state index contributed by atoms with van der Waals surface area (Å²) in [5.74, 6) is 1.50. The normalized spacial score (nSPS) is 12.4. The molecule has 0 fully saturated rings. The molecule has 0 radical (unpaired) electrons. The van der Waals surface area contributed by atoms with Crippen molar-refractivity contribution in [3.63, 3.8) is 0 Å². The highest BCUT2D eigenvalue weighted by molar-refractivity contribution is 9.09. The predicted octanol–water partition coefficient (Wildman–Crippen LogP) is 3.30. The number of hydrogen-bond acceptors (Lipinski definition) is 3. The monoisotopic (exact) mass is 330 g/mol. The van der Waals surface area contributed by atoms with Crippen LogP contribution < -0.4 is 4.74 Å². The minimum Gasteiger partial charge on any atom is -0.497 e. The van der Waals surface area contributed by atoms with Crippen molar-refractivity contribution in [2.75, 3.05) is 39.4 Å². The van der Waals surface area contributed by atoms with Crippen LogP contribution in [0.25, 0.3) is 0 Å². The Bertz CT molecular complexity index is 344. The first-order valence-corrected chi connectivity index (χ1v) is 7.68. The van der Waals surface area contributed by atoms with Crippen LogP contribution in [0.5, 0.6) is 5.75 Å². The van der Waals surface area contributed by atoms with Crippen molar-refractivity contribution in [1.29, 1.82) is 0 Å². The van der Waals surface area contributed by atoms with Crippen molar-refractivity contribution < 1.29 is 14.2 Å². The van der Waals surface area contributed by atoms with Gasteiger partial charge in [0.1, 0.15) is 5.75 Å². The number of alkyl halides is 1. The molecule has 0 bridgehead atoms. The van der Waals surface area contributed by atoms with Crippen molar-refractivity contribution in [2.24, 2.45) is 5.92 Å². The van der Waals surface area contributed by atoms with Crippen molar-refractivity contribution in [3.05, 3.63) is 29.8 Å². The van der Waals surface area contributed by atoms with E-state index in [9.17, 15) is 0 Å². The van der Waals surface area contributed by atoms with E-state index < -0.39 is 0 Å². The van der Waals surface area contributed by atoms with Crippen LogP contribution in [0.3, 0.4) is 0 Å². The highest BCUT2D eigenvalue weighted by Crippen LogP contribution is 2.19. The van der Waals surface area contributed by atoms with Crippen LogP contribution in [0, 0.1) is 5.92 Å². The molecule has 1 atom stereocenters. The van der Waals surface area contributed by atoms with Crippen LogP contribution in [0.4, 0.5) is 0 Å². The van der Waals surface area contributed by atoms with Crippen molar-refractivity contribution in [3.8, 4) is 5.75 Å². The molecule has 19 heavy (non-hydrogen) atoms. The summed E-state index contributed by atoms with van der Waals surface area (Å²) in [4.78, 5) is 0. The van der Waals surface area contributed by atoms with E-state index in [0.717, 1.165) is 30.5 Å². The minimum atomic E-state index is 0.578. The Morgan fingerprint density at radius 2 is 2.00 bits per heavy atom. The average molecular weight is 331 g/mol. The fourth-order valence-electron chi connectivity index (χ4n) is 1.86. The number of methoxy groups -OCH3 is 2. The molecule has 108 valence electrons. The van der Waals surface area contributed by atoms with E-state index in [2.05, 4.69) is 28.1 Å². The van der Waals surface area contributed by atoms with E-state index in [1.165, 1.54) is 5.56 Å². The number of halogens is 1. The Kier molecular flexibility index (Phi) is 8.88. The Hall–Kier alpha value is -0.580. The lowest BCUT2D eigenvalue weighted by Gasteiger charge is -2.14. The largest absolute Gasteiger partial charge is 0.497 e. The zero-order chi connectivity index (χ0) is 13.9. The van der Waals surface area contributed by atoms with E-state index in [1.807, 2.05) is 12.1 Å². The quantitative estimate of drug-likeness (QED) is 0.486. The van der Waals surface area contributed by atoms with Gasteiger partial charge in [-0.15, -0.1) is 0 Å². The van der Waals surface area contributed by atoms with Gasteiger partial charge in [-0.2, -0.15) is 0 Å². The Labute approximate surface area is 124 Å². The molecule has 0 aliphatic rings. The first kappa shape index (κ1) is 16.5. The fraction of sp³-hybridized carbons (Fsp3) is 0.600. The zero-order valence-electron chi connectivity index (χ0n) is 11.7. The zero-order valence-corrected chi connectivity index (χ0v) is 13.3. The van der Waals surface area contributed by atoms with Crippen LogP contribution in [0.2, 0.25) is 0 Å². The maximum Gasteiger partial charge on any atom is 0.119 e. The van der Waals surface area contributed by atoms with Gasteiger partial charge < -0.3 is 14.2 Å². The lowest BCUT2D eigenvalue weighted by atomic mass is 9.98. The number of hydrogen-bond donors (Lipinski definition) is 0. The van der Waals surface area contributed by atoms with Crippen LogP contribution in [-0.4, -0.2) is 39.4 Å². The summed E-state index contributed by atoms with van der Waals surface area (Å²) < 4.78 is 15.7. The van der Waals surface area contributed by atoms with Gasteiger partial charge in [-0.05, 0) is 36.5 Å². The van der Waals surface area contributed by atoms with E-state index in [1.54, 1.807) is 14.2 Å². The third-order valence-electron chi connectivity index (χ3n) is 2.98. The van der Waals surface area contributed by atoms with Crippen molar-refractivity contribution >= 4 is 15.9 Å². The molecule has 0 spiro atoms. The topological polar surface area (TPSA) is 27.7 Å². The smallest absolute Gasteiger partial charge is 0.119 e. The van der Waals surface area contributed by atoms with E-state index in [-0.39, 0.29) is 0 Å². The summed E-state index contributed by atoms with van der Waals surface area (Å²) in [5, 5.41) is 0.984. The molecule has 3 nitrogen and oxygen atoms in total. The van der Waals surface area contributed by atoms with Crippen molar-refractivity contribution in [2.45, 2.75) is 12.8 Å². The molecule has 1 aromatic rings. The predicted molar refractivity (Wildman–Crippen MR) is 81.3 cm³/mol. The highest BCUT2D eigenvalue weighted by Gasteiger charge is 2.09. The van der Waals surface area contributed by atoms with Gasteiger partial charge in [0.2, 0.25) is 0 Å². The second-order valence-corrected chi connectivity index (χ2v) is 5.12. The molecule has 1 aromatic carbocycles. The van der Waals surface area contributed by atoms with Gasteiger partial charge in [0, 0.05) is 19.0 Å². The molecule has 0 aliphatic heterocycles. The molecule has 0 aliphatic carbocycles. The molecule has 1 rings (SSSR count). The van der Waals surface area contributed by atoms with Crippen LogP contribution in [0.15, 0.2) is 24.3 Å². The molecule has 0 saturated carbocycles. The molecular formula is C15H23BrO3. The lowest BCUT2D eigenvalue weighted by molar-refractivity contribution is 0.0648. The molecule has 1 unspecified atom stereocenters. The van der Waals surface area contributed by atoms with Crippen LogP contribution >= 0.6 is 15.9 Å². The van der Waals surface area contributed by atoms with E-state index >= 15 is 0 Å². The van der Waals surface area contributed by atoms with Crippen LogP contribution in [-0.2, 0) is 15.9 Å². The van der Waals surface area contributed by atoms with E-state index in [4.69, 9.17) is 14.2 Å². The number of rotatable bonds is 10. The van der Waals surface area contributed by atoms with Gasteiger partial charge in [0.15, 0.2) is 0 Å². The van der Waals surface area contributed by atoms with Crippen molar-refractivity contribution in [1.82, 2.24) is 0 Å². The Morgan fingerprint density at radius 3 is 2.68 bits per heavy atom. The van der Waals surface area contributed by atoms with Gasteiger partial charge >= 0.3 is 0 Å². The van der Waals surface area contributed by atoms with Gasteiger partial charge in [-0.25, -0.2) is 0 Å². The Balaban J connectivity index is 2.34. The van der Waals surface area contributed by atoms with Gasteiger partial charge in [0.05, 0.1) is 20.3 Å². The fourth-order valence-corrected chi connectivity index (χ4v) is 2.41. The third kappa shape index (κ3) is 6.95. The molecular weight excluding hydrogens is 308 g/mol. The van der Waals surface area contributed by atoms with Gasteiger partial charge in [-0.1, -0.05) is 28.1 Å². The molecule has 0 saturated heterocycles. The molecule has 0 aromatic heterocycles. The number of ether oxygens (including phenoxy) is 3. The second kappa shape index (κ2) is 10.2. The summed E-state index contributed by atoms with van der Waals surface area (Å²) in [6.45, 7) is 2.11. The summed E-state index contributed by atoms with van der Waals surface area (Å²) in [5.41, 5.74) is 1.31. The molecule has 0 N–H and O–H groups in total. The summed E-state index contributed by atoms with van der Waals surface area (Å²) in [6, 6.07) is 8.25. The maximum absolute atomic E-state index is 5.52. The van der Waals surface area contributed by atoms with Crippen LogP contribution in [0.1, 0.15) is 12.0 Å². The first-order valence-electron chi connectivity index (χ1n) is 6.55. The molecule has 0 heterocycles. The molecule has 4 heteroatoms. The van der Waals surface area contributed by atoms with E-state index in [0.29, 0.717) is 19.1 Å². The average Bonchev–Trinajstić information content (AvgIpc) is 2.46. The van der Waals surface area contributed by atoms with Gasteiger partial charge in [0.25, 0.3) is 0 Å². The highest BCUT2D eigenvalue weighted by atomic mass is 79.9.